The lowest BCUT2D eigenvalue weighted by molar-refractivity contribution is -0.196. The minimum Gasteiger partial charge on any atom is -0.329 e. The van der Waals surface area contributed by atoms with Crippen LogP contribution in [-0.4, -0.2) is 35.6 Å². The van der Waals surface area contributed by atoms with Crippen LogP contribution in [0.25, 0.3) is 0 Å². The summed E-state index contributed by atoms with van der Waals surface area (Å²) in [4.78, 5) is 13.2. The minimum atomic E-state index is -4.39. The summed E-state index contributed by atoms with van der Waals surface area (Å²) in [5.41, 5.74) is 7.90. The maximum atomic E-state index is 13.1. The third-order valence-corrected chi connectivity index (χ3v) is 4.38. The Bertz CT molecular complexity index is 528. The van der Waals surface area contributed by atoms with Crippen molar-refractivity contribution < 1.29 is 18.0 Å². The number of alkyl halides is 3. The molecular formula is C17H23F3N2O. The van der Waals surface area contributed by atoms with Gasteiger partial charge in [0.1, 0.15) is 6.04 Å². The average Bonchev–Trinajstić information content (AvgIpc) is 2.51. The summed E-state index contributed by atoms with van der Waals surface area (Å²) in [6, 6.07) is 5.74. The number of benzene rings is 1. The fourth-order valence-electron chi connectivity index (χ4n) is 2.95. The molecule has 0 spiro atoms. The molecule has 0 aromatic heterocycles. The van der Waals surface area contributed by atoms with Crippen LogP contribution >= 0.6 is 0 Å². The highest BCUT2D eigenvalue weighted by atomic mass is 19.4. The monoisotopic (exact) mass is 328 g/mol. The van der Waals surface area contributed by atoms with E-state index in [0.29, 0.717) is 12.8 Å². The van der Waals surface area contributed by atoms with Crippen LogP contribution in [0.3, 0.4) is 0 Å². The van der Waals surface area contributed by atoms with E-state index in [1.807, 2.05) is 24.3 Å². The first-order valence-electron chi connectivity index (χ1n) is 8.00. The molecule has 0 saturated carbocycles. The third-order valence-electron chi connectivity index (χ3n) is 4.38. The summed E-state index contributed by atoms with van der Waals surface area (Å²) in [6.07, 6.45) is -2.76. The highest BCUT2D eigenvalue weighted by molar-refractivity contribution is 5.77. The number of nitrogens with zero attached hydrogens (tertiary/aromatic N) is 1. The molecule has 0 bridgehead atoms. The van der Waals surface area contributed by atoms with Gasteiger partial charge in [-0.05, 0) is 36.8 Å². The molecule has 3 nitrogen and oxygen atoms in total. The van der Waals surface area contributed by atoms with E-state index in [1.165, 1.54) is 5.56 Å². The number of nitrogens with two attached hydrogens (primary N) is 1. The predicted octanol–water partition coefficient (Wildman–Crippen LogP) is 3.06. The summed E-state index contributed by atoms with van der Waals surface area (Å²) in [6.45, 7) is 2.03. The molecule has 1 heterocycles. The second kappa shape index (κ2) is 7.34. The van der Waals surface area contributed by atoms with E-state index in [4.69, 9.17) is 5.73 Å². The predicted molar refractivity (Wildman–Crippen MR) is 82.9 cm³/mol. The Morgan fingerprint density at radius 1 is 1.22 bits per heavy atom. The van der Waals surface area contributed by atoms with Crippen molar-refractivity contribution in [3.05, 3.63) is 35.4 Å². The SMILES string of the molecule is CCc1ccc(CCC(=O)N2C[C@H](N)CC[C@@H]2C(F)(F)F)cc1. The molecular weight excluding hydrogens is 305 g/mol. The Balaban J connectivity index is 1.99. The second-order valence-electron chi connectivity index (χ2n) is 6.11. The molecule has 1 saturated heterocycles. The molecule has 128 valence electrons. The Hall–Kier alpha value is -1.56. The van der Waals surface area contributed by atoms with Crippen LogP contribution in [0.15, 0.2) is 24.3 Å². The second-order valence-corrected chi connectivity index (χ2v) is 6.11. The lowest BCUT2D eigenvalue weighted by Crippen LogP contribution is -2.56. The first-order chi connectivity index (χ1) is 10.8. The fraction of sp³-hybridized carbons (Fsp3) is 0.588. The molecule has 1 aliphatic rings. The van der Waals surface area contributed by atoms with Gasteiger partial charge in [0.2, 0.25) is 5.91 Å². The molecule has 0 unspecified atom stereocenters. The number of piperidine rings is 1. The number of likely N-dealkylation sites (tertiary alicyclic amines) is 1. The van der Waals surface area contributed by atoms with Crippen molar-refractivity contribution in [3.8, 4) is 0 Å². The molecule has 6 heteroatoms. The average molecular weight is 328 g/mol. The standard InChI is InChI=1S/C17H23F3N2O/c1-2-12-3-5-13(6-4-12)7-10-16(23)22-11-14(21)8-9-15(22)17(18,19)20/h3-6,14-15H,2,7-11,21H2,1H3/t14-,15-/m1/s1. The first-order valence-corrected chi connectivity index (χ1v) is 8.00. The largest absolute Gasteiger partial charge is 0.408 e. The summed E-state index contributed by atoms with van der Waals surface area (Å²) in [7, 11) is 0. The number of aryl methyl sites for hydroxylation is 2. The van der Waals surface area contributed by atoms with Gasteiger partial charge in [-0.15, -0.1) is 0 Å². The summed E-state index contributed by atoms with van der Waals surface area (Å²) < 4.78 is 39.3. The molecule has 2 N–H and O–H groups in total. The van der Waals surface area contributed by atoms with Gasteiger partial charge in [0.25, 0.3) is 0 Å². The van der Waals surface area contributed by atoms with Crippen molar-refractivity contribution >= 4 is 5.91 Å². The minimum absolute atomic E-state index is 0.0161. The van der Waals surface area contributed by atoms with Crippen molar-refractivity contribution in [1.82, 2.24) is 4.90 Å². The zero-order valence-corrected chi connectivity index (χ0v) is 13.3. The van der Waals surface area contributed by atoms with E-state index in [0.717, 1.165) is 16.9 Å². The van der Waals surface area contributed by atoms with Crippen LogP contribution in [0.4, 0.5) is 13.2 Å². The number of amides is 1. The molecule has 23 heavy (non-hydrogen) atoms. The van der Waals surface area contributed by atoms with Gasteiger partial charge in [0, 0.05) is 19.0 Å². The third kappa shape index (κ3) is 4.70. The molecule has 2 rings (SSSR count). The van der Waals surface area contributed by atoms with E-state index in [1.54, 1.807) is 0 Å². The van der Waals surface area contributed by atoms with Crippen LogP contribution in [-0.2, 0) is 17.6 Å². The number of carbonyl (C=O) groups is 1. The Morgan fingerprint density at radius 2 is 1.83 bits per heavy atom. The lowest BCUT2D eigenvalue weighted by Gasteiger charge is -2.39. The van der Waals surface area contributed by atoms with Gasteiger partial charge in [-0.2, -0.15) is 13.2 Å². The molecule has 1 aromatic rings. The Labute approximate surface area is 134 Å². The topological polar surface area (TPSA) is 46.3 Å². The van der Waals surface area contributed by atoms with Crippen molar-refractivity contribution in [2.75, 3.05) is 6.54 Å². The van der Waals surface area contributed by atoms with E-state index < -0.39 is 18.1 Å². The van der Waals surface area contributed by atoms with E-state index in [9.17, 15) is 18.0 Å². The van der Waals surface area contributed by atoms with Crippen LogP contribution < -0.4 is 5.73 Å². The van der Waals surface area contributed by atoms with E-state index in [-0.39, 0.29) is 25.4 Å². The van der Waals surface area contributed by atoms with Gasteiger partial charge in [0.05, 0.1) is 0 Å². The molecule has 2 atom stereocenters. The number of halogens is 3. The van der Waals surface area contributed by atoms with Gasteiger partial charge in [0.15, 0.2) is 0 Å². The number of hydrogen-bond acceptors (Lipinski definition) is 2. The maximum Gasteiger partial charge on any atom is 0.408 e. The van der Waals surface area contributed by atoms with Gasteiger partial charge in [-0.3, -0.25) is 4.79 Å². The molecule has 0 aliphatic carbocycles. The van der Waals surface area contributed by atoms with E-state index >= 15 is 0 Å². The van der Waals surface area contributed by atoms with Gasteiger partial charge < -0.3 is 10.6 Å². The van der Waals surface area contributed by atoms with Crippen molar-refractivity contribution in [1.29, 1.82) is 0 Å². The Morgan fingerprint density at radius 3 is 2.39 bits per heavy atom. The molecule has 1 aliphatic heterocycles. The normalized spacial score (nSPS) is 22.2. The smallest absolute Gasteiger partial charge is 0.329 e. The van der Waals surface area contributed by atoms with Crippen LogP contribution in [0, 0.1) is 0 Å². The quantitative estimate of drug-likeness (QED) is 0.923. The molecule has 1 aromatic carbocycles. The first kappa shape index (κ1) is 17.8. The van der Waals surface area contributed by atoms with Crippen LogP contribution in [0.1, 0.15) is 37.3 Å². The zero-order chi connectivity index (χ0) is 17.0. The molecule has 1 fully saturated rings. The van der Waals surface area contributed by atoms with Gasteiger partial charge >= 0.3 is 6.18 Å². The van der Waals surface area contributed by atoms with E-state index in [2.05, 4.69) is 6.92 Å². The molecule has 0 radical (unpaired) electrons. The summed E-state index contributed by atoms with van der Waals surface area (Å²) in [5.74, 6) is -0.470. The summed E-state index contributed by atoms with van der Waals surface area (Å²) >= 11 is 0. The highest BCUT2D eigenvalue weighted by Gasteiger charge is 2.47. The number of hydrogen-bond donors (Lipinski definition) is 1. The Kier molecular flexibility index (Phi) is 5.68. The van der Waals surface area contributed by atoms with Crippen LogP contribution in [0.5, 0.6) is 0 Å². The highest BCUT2D eigenvalue weighted by Crippen LogP contribution is 2.32. The van der Waals surface area contributed by atoms with Crippen molar-refractivity contribution in [3.63, 3.8) is 0 Å². The van der Waals surface area contributed by atoms with Crippen molar-refractivity contribution in [2.45, 2.75) is 57.3 Å². The summed E-state index contributed by atoms with van der Waals surface area (Å²) in [5, 5.41) is 0. The maximum absolute atomic E-state index is 13.1. The van der Waals surface area contributed by atoms with Crippen LogP contribution in [0.2, 0.25) is 0 Å². The van der Waals surface area contributed by atoms with Gasteiger partial charge in [-0.1, -0.05) is 31.2 Å². The van der Waals surface area contributed by atoms with Crippen molar-refractivity contribution in [2.24, 2.45) is 5.73 Å². The fourth-order valence-corrected chi connectivity index (χ4v) is 2.95. The van der Waals surface area contributed by atoms with Gasteiger partial charge in [-0.25, -0.2) is 0 Å². The number of rotatable bonds is 4. The lowest BCUT2D eigenvalue weighted by atomic mass is 9.97. The molecule has 1 amide bonds. The zero-order valence-electron chi connectivity index (χ0n) is 13.3. The number of carbonyl (C=O) groups excluding carboxylic acids is 1.